The number of hydrogen-bond acceptors (Lipinski definition) is 2. The van der Waals surface area contributed by atoms with E-state index in [1.165, 1.54) is 54.0 Å². The van der Waals surface area contributed by atoms with Crippen LogP contribution in [0.15, 0.2) is 242 Å². The number of rotatable bonds is 9. The molecule has 0 aliphatic rings. The van der Waals surface area contributed by atoms with Gasteiger partial charge in [-0.1, -0.05) is 183 Å². The predicted octanol–water partition coefficient (Wildman–Crippen LogP) is 18.4. The predicted molar refractivity (Wildman–Crippen MR) is 313 cm³/mol. The Balaban J connectivity index is 1.04. The lowest BCUT2D eigenvalue weighted by Gasteiger charge is -2.15. The van der Waals surface area contributed by atoms with Crippen molar-refractivity contribution >= 4 is 99.0 Å². The van der Waals surface area contributed by atoms with Crippen molar-refractivity contribution in [3.05, 3.63) is 260 Å². The summed E-state index contributed by atoms with van der Waals surface area (Å²) in [6.07, 6.45) is 6.51. The van der Waals surface area contributed by atoms with Gasteiger partial charge in [-0.05, 0) is 136 Å². The molecule has 0 amide bonds. The Kier molecular flexibility index (Phi) is 10.6. The Morgan fingerprint density at radius 3 is 1.60 bits per heavy atom. The maximum atomic E-state index is 5.47. The summed E-state index contributed by atoms with van der Waals surface area (Å²) in [4.78, 5) is 10.9. The fraction of sp³-hybridized carbons (Fsp3) is 0.0435. The molecule has 0 fully saturated rings. The SMILES string of the molecule is C=C(/C=C(\N=C(/C)c1ccc2ccccc2c1)c1ccc2ccccc2c1)n1c(/C=C\C)c(C)c2c1ccc1c3ccccc3n(-c3cc(-c4ccc5ccccc5c4)nc(-c4ccc5ccccc5c4)c3)c12. The van der Waals surface area contributed by atoms with Crippen molar-refractivity contribution in [1.29, 1.82) is 0 Å². The number of aromatic nitrogens is 3. The van der Waals surface area contributed by atoms with Crippen LogP contribution in [0.1, 0.15) is 36.2 Å². The molecule has 13 rings (SSSR count). The molecule has 0 aliphatic heterocycles. The van der Waals surface area contributed by atoms with E-state index in [0.717, 1.165) is 89.5 Å². The number of hydrogen-bond donors (Lipinski definition) is 0. The number of allylic oxidation sites excluding steroid dienone is 3. The Hall–Kier alpha value is -9.38. The molecule has 0 radical (unpaired) electrons. The third-order valence-corrected chi connectivity index (χ3v) is 14.6. The van der Waals surface area contributed by atoms with Crippen molar-refractivity contribution < 1.29 is 0 Å². The average Bonchev–Trinajstić information content (AvgIpc) is 3.93. The molecule has 0 unspecified atom stereocenters. The highest BCUT2D eigenvalue weighted by Gasteiger charge is 2.23. The molecule has 3 aromatic heterocycles. The fourth-order valence-corrected chi connectivity index (χ4v) is 11.0. The van der Waals surface area contributed by atoms with E-state index in [9.17, 15) is 0 Å². The minimum atomic E-state index is 0.813. The summed E-state index contributed by atoms with van der Waals surface area (Å²) in [6.45, 7) is 11.3. The van der Waals surface area contributed by atoms with Gasteiger partial charge in [-0.2, -0.15) is 0 Å². The Morgan fingerprint density at radius 1 is 0.507 bits per heavy atom. The van der Waals surface area contributed by atoms with Crippen LogP contribution in [0.5, 0.6) is 0 Å². The molecular weight excluding hydrogens is 885 g/mol. The lowest BCUT2D eigenvalue weighted by Crippen LogP contribution is -2.00. The lowest BCUT2D eigenvalue weighted by molar-refractivity contribution is 1.15. The van der Waals surface area contributed by atoms with Gasteiger partial charge >= 0.3 is 0 Å². The monoisotopic (exact) mass is 934 g/mol. The summed E-state index contributed by atoms with van der Waals surface area (Å²) in [6, 6.07) is 78.5. The lowest BCUT2D eigenvalue weighted by atomic mass is 10.0. The van der Waals surface area contributed by atoms with Gasteiger partial charge in [0.15, 0.2) is 0 Å². The zero-order chi connectivity index (χ0) is 49.2. The van der Waals surface area contributed by atoms with Crippen LogP contribution in [-0.2, 0) is 0 Å². The molecule has 3 heterocycles. The van der Waals surface area contributed by atoms with Crippen molar-refractivity contribution in [2.75, 3.05) is 0 Å². The van der Waals surface area contributed by atoms with Crippen LogP contribution in [0.4, 0.5) is 0 Å². The summed E-state index contributed by atoms with van der Waals surface area (Å²) < 4.78 is 4.79. The van der Waals surface area contributed by atoms with Gasteiger partial charge in [-0.25, -0.2) is 4.98 Å². The maximum absolute atomic E-state index is 5.47. The van der Waals surface area contributed by atoms with Gasteiger partial charge in [-0.3, -0.25) is 4.99 Å². The number of aliphatic imine (C=N–C) groups is 1. The van der Waals surface area contributed by atoms with E-state index in [2.05, 4.69) is 267 Å². The minimum Gasteiger partial charge on any atom is -0.310 e. The smallest absolute Gasteiger partial charge is 0.0730 e. The molecule has 0 bridgehead atoms. The second kappa shape index (κ2) is 17.8. The molecule has 0 saturated heterocycles. The van der Waals surface area contributed by atoms with Gasteiger partial charge in [-0.15, -0.1) is 0 Å². The van der Waals surface area contributed by atoms with Gasteiger partial charge < -0.3 is 9.13 Å². The standard InChI is InChI=1S/C69H50N4/c1-5-16-65-45(3)68-67(72(65)44(2)37-62(56-32-28-48-18-7-11-22-53(48)39-56)70-46(4)51-31-27-47-17-6-10-21-52(47)38-51)36-35-61-60-25-14-15-26-66(60)73(69(61)68)59-42-63(57-33-29-49-19-8-12-23-54(49)40-57)71-64(43-59)58-34-30-50-20-9-13-24-55(50)41-58/h5-43H,2H2,1,3-4H3/b16-5-,62-37-,70-46+. The molecule has 346 valence electrons. The summed E-state index contributed by atoms with van der Waals surface area (Å²) in [5.74, 6) is 0. The van der Waals surface area contributed by atoms with Crippen LogP contribution >= 0.6 is 0 Å². The van der Waals surface area contributed by atoms with Gasteiger partial charge in [0, 0.05) is 50.0 Å². The second-order valence-electron chi connectivity index (χ2n) is 19.1. The van der Waals surface area contributed by atoms with Crippen LogP contribution in [0.3, 0.4) is 0 Å². The maximum Gasteiger partial charge on any atom is 0.0730 e. The van der Waals surface area contributed by atoms with Gasteiger partial charge in [0.05, 0.1) is 39.3 Å². The van der Waals surface area contributed by atoms with E-state index in [4.69, 9.17) is 16.6 Å². The van der Waals surface area contributed by atoms with E-state index < -0.39 is 0 Å². The van der Waals surface area contributed by atoms with E-state index >= 15 is 0 Å². The summed E-state index contributed by atoms with van der Waals surface area (Å²) in [5.41, 5.74) is 15.2. The zero-order valence-corrected chi connectivity index (χ0v) is 41.0. The van der Waals surface area contributed by atoms with Crippen molar-refractivity contribution in [2.24, 2.45) is 4.99 Å². The minimum absolute atomic E-state index is 0.813. The van der Waals surface area contributed by atoms with Crippen LogP contribution in [-0.4, -0.2) is 19.8 Å². The Morgan fingerprint density at radius 2 is 1.01 bits per heavy atom. The number of aryl methyl sites for hydroxylation is 1. The third kappa shape index (κ3) is 7.63. The van der Waals surface area contributed by atoms with E-state index in [0.29, 0.717) is 0 Å². The van der Waals surface area contributed by atoms with Crippen LogP contribution < -0.4 is 0 Å². The molecule has 0 aliphatic carbocycles. The van der Waals surface area contributed by atoms with Crippen LogP contribution in [0, 0.1) is 6.92 Å². The highest BCUT2D eigenvalue weighted by Crippen LogP contribution is 2.43. The molecule has 10 aromatic carbocycles. The Bertz CT molecular complexity index is 4400. The molecule has 4 nitrogen and oxygen atoms in total. The number of benzene rings is 10. The van der Waals surface area contributed by atoms with E-state index in [-0.39, 0.29) is 0 Å². The molecule has 0 spiro atoms. The third-order valence-electron chi connectivity index (χ3n) is 14.6. The van der Waals surface area contributed by atoms with Gasteiger partial charge in [0.1, 0.15) is 0 Å². The number of fused-ring (bicyclic) bond motifs is 9. The van der Waals surface area contributed by atoms with Gasteiger partial charge in [0.25, 0.3) is 0 Å². The van der Waals surface area contributed by atoms with E-state index in [1.54, 1.807) is 0 Å². The molecule has 0 N–H and O–H groups in total. The van der Waals surface area contributed by atoms with Crippen molar-refractivity contribution in [3.63, 3.8) is 0 Å². The number of para-hydroxylation sites is 1. The number of pyridine rings is 1. The summed E-state index contributed by atoms with van der Waals surface area (Å²) in [5, 5.41) is 13.0. The molecule has 13 aromatic rings. The first-order chi connectivity index (χ1) is 35.9. The van der Waals surface area contributed by atoms with Crippen LogP contribution in [0.25, 0.3) is 121 Å². The highest BCUT2D eigenvalue weighted by molar-refractivity contribution is 6.20. The van der Waals surface area contributed by atoms with Crippen LogP contribution in [0.2, 0.25) is 0 Å². The largest absolute Gasteiger partial charge is 0.310 e. The topological polar surface area (TPSA) is 35.1 Å². The quantitative estimate of drug-likeness (QED) is 0.105. The molecule has 73 heavy (non-hydrogen) atoms. The summed E-state index contributed by atoms with van der Waals surface area (Å²) >= 11 is 0. The van der Waals surface area contributed by atoms with Crippen molar-refractivity contribution in [3.8, 4) is 28.2 Å². The first-order valence-electron chi connectivity index (χ1n) is 25.0. The fourth-order valence-electron chi connectivity index (χ4n) is 11.0. The average molecular weight is 935 g/mol. The molecule has 4 heteroatoms. The first-order valence-corrected chi connectivity index (χ1v) is 25.0. The van der Waals surface area contributed by atoms with Crippen molar-refractivity contribution in [1.82, 2.24) is 14.1 Å². The number of nitrogens with zero attached hydrogens (tertiary/aromatic N) is 4. The van der Waals surface area contributed by atoms with E-state index in [1.807, 2.05) is 0 Å². The first kappa shape index (κ1) is 43.6. The summed E-state index contributed by atoms with van der Waals surface area (Å²) in [7, 11) is 0. The molecule has 0 atom stereocenters. The zero-order valence-electron chi connectivity index (χ0n) is 41.0. The van der Waals surface area contributed by atoms with Gasteiger partial charge in [0.2, 0.25) is 0 Å². The Labute approximate surface area is 424 Å². The van der Waals surface area contributed by atoms with Crippen molar-refractivity contribution in [2.45, 2.75) is 20.8 Å². The highest BCUT2D eigenvalue weighted by atomic mass is 15.0. The molecular formula is C69H50N4. The second-order valence-corrected chi connectivity index (χ2v) is 19.1. The normalized spacial score (nSPS) is 12.5. The molecule has 0 saturated carbocycles.